The summed E-state index contributed by atoms with van der Waals surface area (Å²) in [4.78, 5) is 17.5. The number of carbonyl (C=O) groups is 1. The van der Waals surface area contributed by atoms with Crippen LogP contribution in [0.3, 0.4) is 0 Å². The second kappa shape index (κ2) is 5.19. The van der Waals surface area contributed by atoms with Crippen molar-refractivity contribution in [2.24, 2.45) is 0 Å². The van der Waals surface area contributed by atoms with Crippen molar-refractivity contribution in [1.82, 2.24) is 24.6 Å². The highest BCUT2D eigenvalue weighted by Crippen LogP contribution is 2.20. The number of rotatable bonds is 2. The van der Waals surface area contributed by atoms with Gasteiger partial charge in [0.2, 0.25) is 0 Å². The summed E-state index contributed by atoms with van der Waals surface area (Å²) in [6.45, 7) is 3.79. The molecule has 118 valence electrons. The molecule has 3 heterocycles. The molecule has 0 saturated heterocycles. The van der Waals surface area contributed by atoms with E-state index in [1.165, 1.54) is 12.1 Å². The molecule has 0 aliphatic carbocycles. The highest BCUT2D eigenvalue weighted by molar-refractivity contribution is 5.98. The van der Waals surface area contributed by atoms with Crippen LogP contribution in [0.4, 0.5) is 4.39 Å². The molecule has 0 saturated carbocycles. The summed E-state index contributed by atoms with van der Waals surface area (Å²) in [7, 11) is 0. The summed E-state index contributed by atoms with van der Waals surface area (Å²) in [6, 6.07) is 6.13. The van der Waals surface area contributed by atoms with Gasteiger partial charge in [0.1, 0.15) is 17.3 Å². The van der Waals surface area contributed by atoms with Gasteiger partial charge in [0.25, 0.3) is 5.91 Å². The number of amides is 1. The lowest BCUT2D eigenvalue weighted by Crippen LogP contribution is -2.38. The smallest absolute Gasteiger partial charge is 0.270 e. The number of H-pyrrole nitrogens is 1. The molecule has 0 atom stereocenters. The molecule has 2 aromatic heterocycles. The number of carbonyl (C=O) groups excluding carboxylic acids is 1. The van der Waals surface area contributed by atoms with Gasteiger partial charge in [0, 0.05) is 30.4 Å². The first kappa shape index (κ1) is 13.9. The van der Waals surface area contributed by atoms with Crippen molar-refractivity contribution >= 4 is 16.8 Å². The highest BCUT2D eigenvalue weighted by atomic mass is 19.1. The van der Waals surface area contributed by atoms with E-state index >= 15 is 0 Å². The fraction of sp³-hybridized carbons (Fsp3) is 0.312. The standard InChI is InChI=1S/C16H16FN5O/c1-2-14-19-20-15-9-21(5-6-22(14)15)16(23)13-8-10-7-11(17)3-4-12(10)18-13/h3-4,7-8,18H,2,5-6,9H2,1H3. The largest absolute Gasteiger partial charge is 0.351 e. The maximum absolute atomic E-state index is 13.3. The fourth-order valence-corrected chi connectivity index (χ4v) is 3.04. The molecule has 6 nitrogen and oxygen atoms in total. The number of hydrogen-bond acceptors (Lipinski definition) is 3. The molecule has 1 amide bonds. The predicted molar refractivity (Wildman–Crippen MR) is 82.4 cm³/mol. The summed E-state index contributed by atoms with van der Waals surface area (Å²) in [5, 5.41) is 9.02. The molecule has 23 heavy (non-hydrogen) atoms. The Morgan fingerprint density at radius 2 is 2.17 bits per heavy atom. The number of aryl methyl sites for hydroxylation is 1. The van der Waals surface area contributed by atoms with E-state index in [4.69, 9.17) is 0 Å². The molecule has 0 radical (unpaired) electrons. The summed E-state index contributed by atoms with van der Waals surface area (Å²) in [5.41, 5.74) is 1.22. The van der Waals surface area contributed by atoms with Crippen molar-refractivity contribution in [2.75, 3.05) is 6.54 Å². The predicted octanol–water partition coefficient (Wildman–Crippen LogP) is 2.12. The molecule has 1 aliphatic heterocycles. The number of fused-ring (bicyclic) bond motifs is 2. The topological polar surface area (TPSA) is 66.8 Å². The first-order valence-corrected chi connectivity index (χ1v) is 7.64. The van der Waals surface area contributed by atoms with E-state index in [9.17, 15) is 9.18 Å². The van der Waals surface area contributed by atoms with Gasteiger partial charge in [0.15, 0.2) is 5.82 Å². The van der Waals surface area contributed by atoms with Crippen molar-refractivity contribution < 1.29 is 9.18 Å². The van der Waals surface area contributed by atoms with Gasteiger partial charge < -0.3 is 14.5 Å². The van der Waals surface area contributed by atoms with Crippen LogP contribution in [0.2, 0.25) is 0 Å². The maximum atomic E-state index is 13.3. The van der Waals surface area contributed by atoms with E-state index in [1.54, 1.807) is 17.0 Å². The van der Waals surface area contributed by atoms with Gasteiger partial charge in [-0.3, -0.25) is 4.79 Å². The minimum Gasteiger partial charge on any atom is -0.351 e. The van der Waals surface area contributed by atoms with E-state index in [-0.39, 0.29) is 11.7 Å². The molecule has 4 rings (SSSR count). The SMILES string of the molecule is CCc1nnc2n1CCN(C(=O)c1cc3cc(F)ccc3[nH]1)C2. The van der Waals surface area contributed by atoms with E-state index in [0.717, 1.165) is 23.6 Å². The number of nitrogens with zero attached hydrogens (tertiary/aromatic N) is 4. The molecule has 0 bridgehead atoms. The van der Waals surface area contributed by atoms with Gasteiger partial charge in [-0.05, 0) is 24.3 Å². The Balaban J connectivity index is 1.61. The van der Waals surface area contributed by atoms with Gasteiger partial charge in [-0.15, -0.1) is 10.2 Å². The second-order valence-corrected chi connectivity index (χ2v) is 5.68. The van der Waals surface area contributed by atoms with Crippen LogP contribution in [0, 0.1) is 5.82 Å². The lowest BCUT2D eigenvalue weighted by molar-refractivity contribution is 0.0701. The molecule has 0 fully saturated rings. The first-order valence-electron chi connectivity index (χ1n) is 7.64. The Morgan fingerprint density at radius 1 is 1.30 bits per heavy atom. The average Bonchev–Trinajstić information content (AvgIpc) is 3.16. The Bertz CT molecular complexity index is 897. The molecule has 7 heteroatoms. The molecule has 0 unspecified atom stereocenters. The summed E-state index contributed by atoms with van der Waals surface area (Å²) < 4.78 is 15.3. The van der Waals surface area contributed by atoms with Crippen molar-refractivity contribution in [3.05, 3.63) is 47.4 Å². The minimum absolute atomic E-state index is 0.103. The summed E-state index contributed by atoms with van der Waals surface area (Å²) >= 11 is 0. The third kappa shape index (κ3) is 2.28. The number of benzene rings is 1. The van der Waals surface area contributed by atoms with Crippen LogP contribution in [0.15, 0.2) is 24.3 Å². The van der Waals surface area contributed by atoms with Crippen LogP contribution in [-0.4, -0.2) is 37.1 Å². The number of aromatic nitrogens is 4. The van der Waals surface area contributed by atoms with Gasteiger partial charge in [-0.25, -0.2) is 4.39 Å². The third-order valence-corrected chi connectivity index (χ3v) is 4.25. The fourth-order valence-electron chi connectivity index (χ4n) is 3.04. The molecular formula is C16H16FN5O. The van der Waals surface area contributed by atoms with Crippen LogP contribution < -0.4 is 0 Å². The maximum Gasteiger partial charge on any atom is 0.270 e. The zero-order chi connectivity index (χ0) is 16.0. The number of aromatic amines is 1. The summed E-state index contributed by atoms with van der Waals surface area (Å²) in [6.07, 6.45) is 0.828. The quantitative estimate of drug-likeness (QED) is 0.788. The lowest BCUT2D eigenvalue weighted by Gasteiger charge is -2.27. The van der Waals surface area contributed by atoms with E-state index in [0.29, 0.717) is 30.7 Å². The van der Waals surface area contributed by atoms with Crippen LogP contribution in [0.1, 0.15) is 29.1 Å². The summed E-state index contributed by atoms with van der Waals surface area (Å²) in [5.74, 6) is 1.35. The molecule has 3 aromatic rings. The van der Waals surface area contributed by atoms with Crippen molar-refractivity contribution in [2.45, 2.75) is 26.4 Å². The monoisotopic (exact) mass is 313 g/mol. The van der Waals surface area contributed by atoms with Crippen LogP contribution in [-0.2, 0) is 19.5 Å². The molecular weight excluding hydrogens is 297 g/mol. The molecule has 0 spiro atoms. The minimum atomic E-state index is -0.311. The van der Waals surface area contributed by atoms with Crippen LogP contribution in [0.25, 0.3) is 10.9 Å². The Hall–Kier alpha value is -2.70. The normalized spacial score (nSPS) is 14.3. The second-order valence-electron chi connectivity index (χ2n) is 5.68. The van der Waals surface area contributed by atoms with Crippen molar-refractivity contribution in [3.8, 4) is 0 Å². The van der Waals surface area contributed by atoms with Crippen LogP contribution in [0.5, 0.6) is 0 Å². The number of nitrogens with one attached hydrogen (secondary N) is 1. The number of halogens is 1. The van der Waals surface area contributed by atoms with Crippen molar-refractivity contribution in [3.63, 3.8) is 0 Å². The van der Waals surface area contributed by atoms with Crippen LogP contribution >= 0.6 is 0 Å². The number of hydrogen-bond donors (Lipinski definition) is 1. The van der Waals surface area contributed by atoms with Gasteiger partial charge in [-0.1, -0.05) is 6.92 Å². The molecule has 1 aliphatic rings. The van der Waals surface area contributed by atoms with E-state index in [1.807, 2.05) is 6.92 Å². The third-order valence-electron chi connectivity index (χ3n) is 4.25. The van der Waals surface area contributed by atoms with E-state index < -0.39 is 0 Å². The molecule has 1 aromatic carbocycles. The Kier molecular flexibility index (Phi) is 3.14. The zero-order valence-electron chi connectivity index (χ0n) is 12.7. The Morgan fingerprint density at radius 3 is 3.00 bits per heavy atom. The lowest BCUT2D eigenvalue weighted by atomic mass is 10.2. The van der Waals surface area contributed by atoms with Gasteiger partial charge in [-0.2, -0.15) is 0 Å². The van der Waals surface area contributed by atoms with Gasteiger partial charge >= 0.3 is 0 Å². The molecule has 1 N–H and O–H groups in total. The van der Waals surface area contributed by atoms with Gasteiger partial charge in [0.05, 0.1) is 6.54 Å². The average molecular weight is 313 g/mol. The zero-order valence-corrected chi connectivity index (χ0v) is 12.7. The van der Waals surface area contributed by atoms with Crippen molar-refractivity contribution in [1.29, 1.82) is 0 Å². The first-order chi connectivity index (χ1) is 11.2. The van der Waals surface area contributed by atoms with E-state index in [2.05, 4.69) is 19.7 Å². The highest BCUT2D eigenvalue weighted by Gasteiger charge is 2.25. The Labute approximate surface area is 131 Å².